The highest BCUT2D eigenvalue weighted by Crippen LogP contribution is 2.56. The molecule has 8 heteroatoms. The van der Waals surface area contributed by atoms with Crippen LogP contribution in [0.2, 0.25) is 0 Å². The fourth-order valence-corrected chi connectivity index (χ4v) is 5.57. The van der Waals surface area contributed by atoms with Gasteiger partial charge in [-0.1, -0.05) is 49.0 Å². The third-order valence-corrected chi connectivity index (χ3v) is 7.75. The lowest BCUT2D eigenvalue weighted by molar-refractivity contribution is -0.347. The Bertz CT molecular complexity index is 891. The molecule has 0 spiro atoms. The van der Waals surface area contributed by atoms with Crippen LogP contribution in [0.1, 0.15) is 64.7 Å². The lowest BCUT2D eigenvalue weighted by Gasteiger charge is -2.41. The van der Waals surface area contributed by atoms with Gasteiger partial charge in [-0.25, -0.2) is 0 Å². The molecule has 3 atom stereocenters. The summed E-state index contributed by atoms with van der Waals surface area (Å²) < 4.78 is 77.1. The van der Waals surface area contributed by atoms with E-state index >= 15 is 0 Å². The van der Waals surface area contributed by atoms with Gasteiger partial charge in [0.05, 0.1) is 6.10 Å². The van der Waals surface area contributed by atoms with Crippen LogP contribution in [0.4, 0.5) is 26.3 Å². The Hall–Kier alpha value is -1.80. The fourth-order valence-electron chi connectivity index (χ4n) is 5.57. The minimum atomic E-state index is -5.84. The van der Waals surface area contributed by atoms with Crippen LogP contribution in [0.15, 0.2) is 59.3 Å². The van der Waals surface area contributed by atoms with E-state index in [1.165, 1.54) is 5.57 Å². The van der Waals surface area contributed by atoms with Gasteiger partial charge in [0.1, 0.15) is 0 Å². The van der Waals surface area contributed by atoms with Crippen molar-refractivity contribution < 1.29 is 36.6 Å². The van der Waals surface area contributed by atoms with E-state index in [-0.39, 0.29) is 23.8 Å². The smallest absolute Gasteiger partial charge is 0.388 e. The maximum absolute atomic E-state index is 12.8. The molecule has 0 aliphatic heterocycles. The number of rotatable bonds is 5. The summed E-state index contributed by atoms with van der Waals surface area (Å²) in [5.41, 5.74) is -0.904. The number of fused-ring (bicyclic) bond motifs is 1. The molecule has 2 saturated carbocycles. The van der Waals surface area contributed by atoms with Gasteiger partial charge in [-0.15, -0.1) is 0 Å². The molecule has 2 N–H and O–H groups in total. The third kappa shape index (κ3) is 5.08. The average Bonchev–Trinajstić information content (AvgIpc) is 3.07. The van der Waals surface area contributed by atoms with E-state index in [0.29, 0.717) is 6.42 Å². The topological polar surface area (TPSA) is 40.5 Å². The molecule has 0 bridgehead atoms. The highest BCUT2D eigenvalue weighted by atomic mass is 19.4. The van der Waals surface area contributed by atoms with Crippen LogP contribution >= 0.6 is 0 Å². The van der Waals surface area contributed by atoms with Crippen molar-refractivity contribution in [2.75, 3.05) is 0 Å². The van der Waals surface area contributed by atoms with Crippen LogP contribution in [-0.2, 0) is 0 Å². The van der Waals surface area contributed by atoms with Crippen LogP contribution in [0.5, 0.6) is 0 Å². The Morgan fingerprint density at radius 3 is 2.41 bits per heavy atom. The SMILES string of the molecule is C=C1/C(=C\C=C2/CCC[C@]3(C)C(CC/C=C/C(O)(C(F)(F)F)C(F)(F)F)=CCC23)CCC[C@@H]1O. The molecule has 0 aromatic carbocycles. The van der Waals surface area contributed by atoms with Gasteiger partial charge in [0.2, 0.25) is 0 Å². The van der Waals surface area contributed by atoms with Crippen LogP contribution in [0.3, 0.4) is 0 Å². The lowest BCUT2D eigenvalue weighted by Crippen LogP contribution is -2.55. The van der Waals surface area contributed by atoms with E-state index in [1.54, 1.807) is 0 Å². The zero-order valence-corrected chi connectivity index (χ0v) is 19.3. The van der Waals surface area contributed by atoms with Crippen molar-refractivity contribution in [2.24, 2.45) is 11.3 Å². The highest BCUT2D eigenvalue weighted by molar-refractivity contribution is 5.39. The predicted octanol–water partition coefficient (Wildman–Crippen LogP) is 7.27. The summed E-state index contributed by atoms with van der Waals surface area (Å²) in [7, 11) is 0. The maximum atomic E-state index is 12.8. The maximum Gasteiger partial charge on any atom is 0.429 e. The van der Waals surface area contributed by atoms with Gasteiger partial charge in [0.15, 0.2) is 0 Å². The second kappa shape index (κ2) is 9.69. The monoisotopic (exact) mass is 490 g/mol. The third-order valence-electron chi connectivity index (χ3n) is 7.75. The number of aliphatic hydroxyl groups is 2. The molecule has 1 unspecified atom stereocenters. The van der Waals surface area contributed by atoms with Crippen molar-refractivity contribution in [3.05, 3.63) is 59.3 Å². The predicted molar refractivity (Wildman–Crippen MR) is 119 cm³/mol. The molecule has 0 aromatic rings. The van der Waals surface area contributed by atoms with Crippen molar-refractivity contribution in [3.63, 3.8) is 0 Å². The van der Waals surface area contributed by atoms with Crippen LogP contribution in [-0.4, -0.2) is 34.3 Å². The molecule has 0 radical (unpaired) electrons. The summed E-state index contributed by atoms with van der Waals surface area (Å²) in [6.45, 7) is 6.12. The Morgan fingerprint density at radius 1 is 1.09 bits per heavy atom. The summed E-state index contributed by atoms with van der Waals surface area (Å²) >= 11 is 0. The quantitative estimate of drug-likeness (QED) is 0.314. The van der Waals surface area contributed by atoms with Gasteiger partial charge in [0, 0.05) is 0 Å². The highest BCUT2D eigenvalue weighted by Gasteiger charge is 2.68. The molecule has 0 amide bonds. The summed E-state index contributed by atoms with van der Waals surface area (Å²) in [5, 5.41) is 19.3. The van der Waals surface area contributed by atoms with Crippen molar-refractivity contribution in [1.82, 2.24) is 0 Å². The molecule has 2 nitrogen and oxygen atoms in total. The van der Waals surface area contributed by atoms with Gasteiger partial charge < -0.3 is 10.2 Å². The fraction of sp³-hybridized carbons (Fsp3) is 0.615. The normalized spacial score (nSPS) is 31.4. The summed E-state index contributed by atoms with van der Waals surface area (Å²) in [6, 6.07) is 0. The van der Waals surface area contributed by atoms with Crippen molar-refractivity contribution >= 4 is 0 Å². The molecule has 190 valence electrons. The van der Waals surface area contributed by atoms with E-state index in [9.17, 15) is 36.6 Å². The first-order valence-corrected chi connectivity index (χ1v) is 11.7. The van der Waals surface area contributed by atoms with E-state index in [4.69, 9.17) is 0 Å². The first-order chi connectivity index (χ1) is 15.7. The summed E-state index contributed by atoms with van der Waals surface area (Å²) in [4.78, 5) is 0. The Morgan fingerprint density at radius 2 is 1.76 bits per heavy atom. The molecular weight excluding hydrogens is 458 g/mol. The summed E-state index contributed by atoms with van der Waals surface area (Å²) in [6.07, 6.45) is 1.02. The molecule has 2 fully saturated rings. The molecule has 34 heavy (non-hydrogen) atoms. The van der Waals surface area contributed by atoms with E-state index < -0.39 is 24.1 Å². The zero-order valence-electron chi connectivity index (χ0n) is 19.3. The standard InChI is InChI=1S/C26H32F6O2/c1-17-18(7-5-10-22(17)33)11-12-19-8-6-15-23(2)20(13-14-21(19)23)9-3-4-16-24(34,25(27,28)29)26(30,31)32/h4,11-13,16,21-22,33-34H,1,3,5-10,14-15H2,2H3/b16-4+,18-11-,19-12+/t21?,22-,23+/m0/s1. The minimum absolute atomic E-state index is 0.0244. The number of allylic oxidation sites excluding steroid dienone is 6. The van der Waals surface area contributed by atoms with Crippen LogP contribution in [0, 0.1) is 11.3 Å². The number of hydrogen-bond acceptors (Lipinski definition) is 2. The lowest BCUT2D eigenvalue weighted by atomic mass is 9.63. The second-order valence-electron chi connectivity index (χ2n) is 9.86. The second-order valence-corrected chi connectivity index (χ2v) is 9.86. The van der Waals surface area contributed by atoms with Gasteiger partial charge in [-0.2, -0.15) is 26.3 Å². The van der Waals surface area contributed by atoms with Crippen molar-refractivity contribution in [1.29, 1.82) is 0 Å². The van der Waals surface area contributed by atoms with Gasteiger partial charge in [-0.05, 0) is 86.3 Å². The minimum Gasteiger partial charge on any atom is -0.388 e. The van der Waals surface area contributed by atoms with Crippen molar-refractivity contribution in [2.45, 2.75) is 88.8 Å². The molecular formula is C26H32F6O2. The summed E-state index contributed by atoms with van der Waals surface area (Å²) in [5.74, 6) is 0.237. The molecule has 0 aromatic heterocycles. The largest absolute Gasteiger partial charge is 0.429 e. The Balaban J connectivity index is 1.69. The van der Waals surface area contributed by atoms with Gasteiger partial charge in [0.25, 0.3) is 5.60 Å². The molecule has 3 rings (SSSR count). The van der Waals surface area contributed by atoms with Gasteiger partial charge >= 0.3 is 12.4 Å². The van der Waals surface area contributed by atoms with Crippen LogP contribution in [0.25, 0.3) is 0 Å². The molecule has 3 aliphatic carbocycles. The zero-order chi connectivity index (χ0) is 25.4. The Labute approximate surface area is 196 Å². The van der Waals surface area contributed by atoms with E-state index in [1.807, 2.05) is 6.08 Å². The van der Waals surface area contributed by atoms with E-state index in [2.05, 4.69) is 25.7 Å². The number of halogens is 6. The average molecular weight is 491 g/mol. The molecule has 0 saturated heterocycles. The Kier molecular flexibility index (Phi) is 7.63. The number of alkyl halides is 6. The molecule has 3 aliphatic rings. The van der Waals surface area contributed by atoms with Gasteiger partial charge in [-0.3, -0.25) is 0 Å². The molecule has 0 heterocycles. The first-order valence-electron chi connectivity index (χ1n) is 11.7. The number of hydrogen-bond donors (Lipinski definition) is 2. The number of aliphatic hydroxyl groups excluding tert-OH is 1. The first kappa shape index (κ1) is 26.8. The van der Waals surface area contributed by atoms with Crippen LogP contribution < -0.4 is 0 Å². The van der Waals surface area contributed by atoms with Crippen molar-refractivity contribution in [3.8, 4) is 0 Å². The van der Waals surface area contributed by atoms with E-state index in [0.717, 1.165) is 67.7 Å².